The van der Waals surface area contributed by atoms with E-state index in [0.717, 1.165) is 56.7 Å². The van der Waals surface area contributed by atoms with Crippen molar-refractivity contribution in [2.75, 3.05) is 44.2 Å². The third-order valence-corrected chi connectivity index (χ3v) is 4.09. The van der Waals surface area contributed by atoms with Gasteiger partial charge in [0.25, 0.3) is 0 Å². The van der Waals surface area contributed by atoms with E-state index in [2.05, 4.69) is 39.9 Å². The van der Waals surface area contributed by atoms with E-state index >= 15 is 0 Å². The van der Waals surface area contributed by atoms with Crippen molar-refractivity contribution in [3.05, 3.63) is 5.82 Å². The predicted octanol–water partition coefficient (Wildman–Crippen LogP) is 1.65. The van der Waals surface area contributed by atoms with E-state index in [1.54, 1.807) is 0 Å². The second kappa shape index (κ2) is 7.17. The van der Waals surface area contributed by atoms with E-state index in [1.807, 2.05) is 0 Å². The SMILES string of the molecule is CCc1nsc(N2CCN(CCOC(C)C)CC2)n1. The quantitative estimate of drug-likeness (QED) is 0.794. The average molecular weight is 284 g/mol. The van der Waals surface area contributed by atoms with Crippen LogP contribution in [-0.2, 0) is 11.2 Å². The van der Waals surface area contributed by atoms with E-state index in [9.17, 15) is 0 Å². The Labute approximate surface area is 119 Å². The number of hydrogen-bond donors (Lipinski definition) is 0. The molecule has 0 N–H and O–H groups in total. The summed E-state index contributed by atoms with van der Waals surface area (Å²) in [6.45, 7) is 12.4. The zero-order chi connectivity index (χ0) is 13.7. The molecule has 0 radical (unpaired) electrons. The third kappa shape index (κ3) is 4.40. The normalized spacial score (nSPS) is 17.4. The van der Waals surface area contributed by atoms with Gasteiger partial charge in [0.15, 0.2) is 0 Å². The molecule has 0 unspecified atom stereocenters. The number of anilines is 1. The molecule has 1 aliphatic rings. The van der Waals surface area contributed by atoms with Gasteiger partial charge in [0.1, 0.15) is 5.82 Å². The second-order valence-corrected chi connectivity index (χ2v) is 5.83. The highest BCUT2D eigenvalue weighted by Crippen LogP contribution is 2.19. The van der Waals surface area contributed by atoms with Crippen molar-refractivity contribution in [2.45, 2.75) is 33.3 Å². The average Bonchev–Trinajstić information content (AvgIpc) is 2.88. The van der Waals surface area contributed by atoms with Gasteiger partial charge in [0.05, 0.1) is 12.7 Å². The lowest BCUT2D eigenvalue weighted by atomic mass is 10.3. The predicted molar refractivity (Wildman–Crippen MR) is 79.0 cm³/mol. The van der Waals surface area contributed by atoms with E-state index in [1.165, 1.54) is 11.5 Å². The Balaban J connectivity index is 1.73. The summed E-state index contributed by atoms with van der Waals surface area (Å²) in [6, 6.07) is 0. The van der Waals surface area contributed by atoms with Gasteiger partial charge in [0.2, 0.25) is 5.13 Å². The molecule has 1 aromatic rings. The maximum absolute atomic E-state index is 5.60. The fourth-order valence-corrected chi connectivity index (χ4v) is 2.90. The van der Waals surface area contributed by atoms with Gasteiger partial charge in [-0.25, -0.2) is 4.98 Å². The molecule has 2 heterocycles. The zero-order valence-corrected chi connectivity index (χ0v) is 12.9. The number of nitrogens with zero attached hydrogens (tertiary/aromatic N) is 4. The van der Waals surface area contributed by atoms with Crippen molar-refractivity contribution in [3.63, 3.8) is 0 Å². The molecular weight excluding hydrogens is 260 g/mol. The molecule has 1 aromatic heterocycles. The molecule has 6 heteroatoms. The van der Waals surface area contributed by atoms with Gasteiger partial charge in [-0.3, -0.25) is 4.90 Å². The first kappa shape index (κ1) is 14.7. The summed E-state index contributed by atoms with van der Waals surface area (Å²) >= 11 is 1.53. The van der Waals surface area contributed by atoms with Gasteiger partial charge in [-0.05, 0) is 13.8 Å². The standard InChI is InChI=1S/C13H24N4OS/c1-4-12-14-13(19-15-12)17-7-5-16(6-8-17)9-10-18-11(2)3/h11H,4-10H2,1-3H3. The van der Waals surface area contributed by atoms with Crippen LogP contribution in [0.5, 0.6) is 0 Å². The van der Waals surface area contributed by atoms with E-state index in [-0.39, 0.29) is 0 Å². The monoisotopic (exact) mass is 284 g/mol. The number of rotatable bonds is 6. The molecule has 0 amide bonds. The topological polar surface area (TPSA) is 41.5 Å². The number of aryl methyl sites for hydroxylation is 1. The van der Waals surface area contributed by atoms with Crippen LogP contribution in [0.4, 0.5) is 5.13 Å². The molecule has 1 aliphatic heterocycles. The Bertz CT molecular complexity index is 374. The smallest absolute Gasteiger partial charge is 0.205 e. The molecule has 0 atom stereocenters. The summed E-state index contributed by atoms with van der Waals surface area (Å²) in [5.41, 5.74) is 0. The minimum absolute atomic E-state index is 0.329. The molecule has 0 spiro atoms. The van der Waals surface area contributed by atoms with Crippen LogP contribution in [0.3, 0.4) is 0 Å². The summed E-state index contributed by atoms with van der Waals surface area (Å²) in [4.78, 5) is 9.36. The summed E-state index contributed by atoms with van der Waals surface area (Å²) in [6.07, 6.45) is 1.25. The first-order valence-corrected chi connectivity index (χ1v) is 7.88. The largest absolute Gasteiger partial charge is 0.377 e. The van der Waals surface area contributed by atoms with Crippen LogP contribution in [-0.4, -0.2) is 59.7 Å². The van der Waals surface area contributed by atoms with Gasteiger partial charge in [-0.1, -0.05) is 6.92 Å². The van der Waals surface area contributed by atoms with Crippen LogP contribution in [0.2, 0.25) is 0 Å². The van der Waals surface area contributed by atoms with Crippen LogP contribution in [0, 0.1) is 0 Å². The van der Waals surface area contributed by atoms with E-state index in [4.69, 9.17) is 4.74 Å². The molecule has 0 aromatic carbocycles. The van der Waals surface area contributed by atoms with Gasteiger partial charge < -0.3 is 9.64 Å². The Hall–Kier alpha value is -0.720. The first-order valence-electron chi connectivity index (χ1n) is 7.10. The van der Waals surface area contributed by atoms with Crippen molar-refractivity contribution < 1.29 is 4.74 Å². The lowest BCUT2D eigenvalue weighted by molar-refractivity contribution is 0.0579. The number of hydrogen-bond acceptors (Lipinski definition) is 6. The van der Waals surface area contributed by atoms with Crippen molar-refractivity contribution in [1.82, 2.24) is 14.3 Å². The van der Waals surface area contributed by atoms with Crippen LogP contribution >= 0.6 is 11.5 Å². The minimum Gasteiger partial charge on any atom is -0.377 e. The molecule has 0 bridgehead atoms. The highest BCUT2D eigenvalue weighted by molar-refractivity contribution is 7.09. The molecule has 19 heavy (non-hydrogen) atoms. The van der Waals surface area contributed by atoms with Crippen LogP contribution in [0.15, 0.2) is 0 Å². The van der Waals surface area contributed by atoms with Crippen LogP contribution < -0.4 is 4.90 Å². The lowest BCUT2D eigenvalue weighted by Gasteiger charge is -2.34. The summed E-state index contributed by atoms with van der Waals surface area (Å²) < 4.78 is 9.95. The summed E-state index contributed by atoms with van der Waals surface area (Å²) in [7, 11) is 0. The highest BCUT2D eigenvalue weighted by Gasteiger charge is 2.19. The highest BCUT2D eigenvalue weighted by atomic mass is 32.1. The second-order valence-electron chi connectivity index (χ2n) is 5.09. The van der Waals surface area contributed by atoms with Crippen molar-refractivity contribution >= 4 is 16.7 Å². The number of ether oxygens (including phenoxy) is 1. The Morgan fingerprint density at radius 3 is 2.58 bits per heavy atom. The molecule has 108 valence electrons. The lowest BCUT2D eigenvalue weighted by Crippen LogP contribution is -2.47. The maximum atomic E-state index is 5.60. The molecule has 5 nitrogen and oxygen atoms in total. The minimum atomic E-state index is 0.329. The third-order valence-electron chi connectivity index (χ3n) is 3.28. The van der Waals surface area contributed by atoms with Gasteiger partial charge in [-0.15, -0.1) is 0 Å². The van der Waals surface area contributed by atoms with Gasteiger partial charge >= 0.3 is 0 Å². The van der Waals surface area contributed by atoms with Crippen molar-refractivity contribution in [1.29, 1.82) is 0 Å². The van der Waals surface area contributed by atoms with E-state index < -0.39 is 0 Å². The van der Waals surface area contributed by atoms with Crippen molar-refractivity contribution in [3.8, 4) is 0 Å². The molecule has 0 aliphatic carbocycles. The number of aromatic nitrogens is 2. The Morgan fingerprint density at radius 2 is 2.00 bits per heavy atom. The summed E-state index contributed by atoms with van der Waals surface area (Å²) in [5.74, 6) is 0.966. The Kier molecular flexibility index (Phi) is 5.54. The first-order chi connectivity index (χ1) is 9.19. The molecular formula is C13H24N4OS. The number of piperazine rings is 1. The van der Waals surface area contributed by atoms with Crippen LogP contribution in [0.1, 0.15) is 26.6 Å². The maximum Gasteiger partial charge on any atom is 0.205 e. The van der Waals surface area contributed by atoms with Gasteiger partial charge in [-0.2, -0.15) is 4.37 Å². The Morgan fingerprint density at radius 1 is 1.26 bits per heavy atom. The van der Waals surface area contributed by atoms with Gasteiger partial charge in [0, 0.05) is 50.7 Å². The fourth-order valence-electron chi connectivity index (χ4n) is 2.10. The molecule has 1 saturated heterocycles. The molecule has 2 rings (SSSR count). The van der Waals surface area contributed by atoms with E-state index in [0.29, 0.717) is 6.10 Å². The van der Waals surface area contributed by atoms with Crippen LogP contribution in [0.25, 0.3) is 0 Å². The van der Waals surface area contributed by atoms with Crippen molar-refractivity contribution in [2.24, 2.45) is 0 Å². The zero-order valence-electron chi connectivity index (χ0n) is 12.1. The fraction of sp³-hybridized carbons (Fsp3) is 0.846. The molecule has 1 fully saturated rings. The molecule has 0 saturated carbocycles. The summed E-state index contributed by atoms with van der Waals surface area (Å²) in [5, 5.41) is 1.08.